The fraction of sp³-hybridized carbons (Fsp3) is 0.562. The van der Waals surface area contributed by atoms with Gasteiger partial charge in [0.2, 0.25) is 0 Å². The molecule has 2 fully saturated rings. The molecule has 2 amide bonds. The van der Waals surface area contributed by atoms with Crippen molar-refractivity contribution >= 4 is 23.3 Å². The number of nitrogens with one attached hydrogen (secondary N) is 1. The summed E-state index contributed by atoms with van der Waals surface area (Å²) in [6.07, 6.45) is 6.02. The minimum Gasteiger partial charge on any atom is -0.318 e. The van der Waals surface area contributed by atoms with E-state index in [1.54, 1.807) is 12.1 Å². The van der Waals surface area contributed by atoms with E-state index in [9.17, 15) is 4.79 Å². The minimum absolute atomic E-state index is 0.0354. The van der Waals surface area contributed by atoms with Crippen LogP contribution in [0.4, 0.5) is 10.5 Å². The largest absolute Gasteiger partial charge is 0.322 e. The van der Waals surface area contributed by atoms with Crippen LogP contribution in [0.3, 0.4) is 0 Å². The smallest absolute Gasteiger partial charge is 0.318 e. The van der Waals surface area contributed by atoms with Crippen molar-refractivity contribution in [3.05, 3.63) is 29.3 Å². The van der Waals surface area contributed by atoms with Gasteiger partial charge in [-0.05, 0) is 49.9 Å². The Bertz CT molecular complexity index is 432. The van der Waals surface area contributed by atoms with Crippen molar-refractivity contribution in [3.8, 4) is 0 Å². The van der Waals surface area contributed by atoms with E-state index in [2.05, 4.69) is 19.2 Å². The number of piperidine rings is 1. The van der Waals surface area contributed by atoms with Crippen molar-refractivity contribution < 1.29 is 4.79 Å². The molecular formula is C16H23ClN2O. The van der Waals surface area contributed by atoms with Gasteiger partial charge in [-0.25, -0.2) is 4.79 Å². The number of hydrogen-bond acceptors (Lipinski definition) is 1. The van der Waals surface area contributed by atoms with Gasteiger partial charge in [0, 0.05) is 22.8 Å². The third kappa shape index (κ3) is 3.45. The Labute approximate surface area is 126 Å². The van der Waals surface area contributed by atoms with E-state index in [0.29, 0.717) is 17.1 Å². The number of halogens is 1. The van der Waals surface area contributed by atoms with Crippen molar-refractivity contribution in [1.29, 1.82) is 0 Å². The molecule has 2 atom stereocenters. The summed E-state index contributed by atoms with van der Waals surface area (Å²) in [5.41, 5.74) is 0.810. The van der Waals surface area contributed by atoms with Crippen LogP contribution in [0.25, 0.3) is 0 Å². The minimum atomic E-state index is 0.0354. The number of nitrogens with zero attached hydrogens (tertiary/aromatic N) is 1. The first-order valence-electron chi connectivity index (χ1n) is 7.50. The number of fused-ring (bicyclic) bond motifs is 2. The highest BCUT2D eigenvalue weighted by molar-refractivity contribution is 6.30. The second kappa shape index (κ2) is 6.98. The number of hydrogen-bond donors (Lipinski definition) is 1. The van der Waals surface area contributed by atoms with Gasteiger partial charge in [0.1, 0.15) is 0 Å². The second-order valence-corrected chi connectivity index (χ2v) is 5.96. The molecule has 2 aliphatic heterocycles. The lowest BCUT2D eigenvalue weighted by Crippen LogP contribution is -2.62. The van der Waals surface area contributed by atoms with E-state index in [1.165, 1.54) is 19.3 Å². The Kier molecular flexibility index (Phi) is 5.30. The van der Waals surface area contributed by atoms with Crippen LogP contribution in [0.5, 0.6) is 0 Å². The van der Waals surface area contributed by atoms with Crippen molar-refractivity contribution in [2.45, 2.75) is 58.0 Å². The number of carbonyl (C=O) groups is 1. The summed E-state index contributed by atoms with van der Waals surface area (Å²) in [4.78, 5) is 14.1. The third-order valence-corrected chi connectivity index (χ3v) is 3.99. The van der Waals surface area contributed by atoms with Crippen LogP contribution in [0.2, 0.25) is 5.02 Å². The van der Waals surface area contributed by atoms with Crippen LogP contribution in [0.15, 0.2) is 24.3 Å². The molecule has 1 N–H and O–H groups in total. The highest BCUT2D eigenvalue weighted by atomic mass is 35.5. The van der Waals surface area contributed by atoms with Crippen molar-refractivity contribution in [3.63, 3.8) is 0 Å². The van der Waals surface area contributed by atoms with Crippen molar-refractivity contribution in [2.24, 2.45) is 0 Å². The van der Waals surface area contributed by atoms with Crippen LogP contribution >= 0.6 is 11.6 Å². The third-order valence-electron chi connectivity index (χ3n) is 3.74. The molecule has 0 spiro atoms. The van der Waals surface area contributed by atoms with Gasteiger partial charge in [-0.2, -0.15) is 0 Å². The van der Waals surface area contributed by atoms with E-state index in [4.69, 9.17) is 11.6 Å². The maximum Gasteiger partial charge on any atom is 0.322 e. The van der Waals surface area contributed by atoms with Gasteiger partial charge in [0.15, 0.2) is 0 Å². The molecular weight excluding hydrogens is 272 g/mol. The summed E-state index contributed by atoms with van der Waals surface area (Å²) in [6.45, 7) is 4.25. The number of urea groups is 1. The molecule has 2 unspecified atom stereocenters. The Morgan fingerprint density at radius 2 is 1.80 bits per heavy atom. The lowest BCUT2D eigenvalue weighted by Gasteiger charge is -2.52. The van der Waals surface area contributed by atoms with E-state index in [-0.39, 0.29) is 6.03 Å². The van der Waals surface area contributed by atoms with Crippen molar-refractivity contribution in [1.82, 2.24) is 4.90 Å². The molecule has 1 aromatic carbocycles. The second-order valence-electron chi connectivity index (χ2n) is 5.53. The Morgan fingerprint density at radius 1 is 1.25 bits per heavy atom. The molecule has 110 valence electrons. The zero-order valence-electron chi connectivity index (χ0n) is 12.2. The summed E-state index contributed by atoms with van der Waals surface area (Å²) in [7, 11) is 0. The lowest BCUT2D eigenvalue weighted by molar-refractivity contribution is 0.0173. The van der Waals surface area contributed by atoms with Gasteiger partial charge in [-0.3, -0.25) is 0 Å². The molecule has 0 aliphatic carbocycles. The number of anilines is 1. The predicted octanol–water partition coefficient (Wildman–Crippen LogP) is 4.92. The number of amides is 2. The van der Waals surface area contributed by atoms with Crippen molar-refractivity contribution in [2.75, 3.05) is 5.32 Å². The first-order chi connectivity index (χ1) is 9.65. The van der Waals surface area contributed by atoms with Crippen LogP contribution < -0.4 is 5.32 Å². The molecule has 3 rings (SSSR count). The molecule has 0 aromatic heterocycles. The van der Waals surface area contributed by atoms with Gasteiger partial charge in [-0.1, -0.05) is 31.9 Å². The zero-order valence-corrected chi connectivity index (χ0v) is 13.0. The van der Waals surface area contributed by atoms with Gasteiger partial charge >= 0.3 is 6.03 Å². The molecule has 0 radical (unpaired) electrons. The normalized spacial score (nSPS) is 23.2. The van der Waals surface area contributed by atoms with Crippen LogP contribution in [0, 0.1) is 0 Å². The fourth-order valence-corrected chi connectivity index (χ4v) is 2.98. The topological polar surface area (TPSA) is 32.3 Å². The van der Waals surface area contributed by atoms with Gasteiger partial charge < -0.3 is 10.2 Å². The first kappa shape index (κ1) is 15.2. The maximum atomic E-state index is 12.1. The molecule has 2 heterocycles. The fourth-order valence-electron chi connectivity index (χ4n) is 2.86. The highest BCUT2D eigenvalue weighted by Gasteiger charge is 2.44. The molecule has 0 saturated carbocycles. The van der Waals surface area contributed by atoms with E-state index >= 15 is 0 Å². The standard InChI is InChI=1S/C13H15ClN2O.C3H8/c14-9-4-6-10(7-5-9)15-13(17)16-11-2-1-3-12(16)8-11;1-3-2/h4-7,11-12H,1-3,8H2,(H,15,17);3H2,1-2H3. The monoisotopic (exact) mass is 294 g/mol. The Balaban J connectivity index is 0.000000452. The van der Waals surface area contributed by atoms with Gasteiger partial charge in [-0.15, -0.1) is 0 Å². The molecule has 2 aliphatic rings. The quantitative estimate of drug-likeness (QED) is 0.784. The lowest BCUT2D eigenvalue weighted by atomic mass is 9.80. The summed E-state index contributed by atoms with van der Waals surface area (Å²) < 4.78 is 0. The average Bonchev–Trinajstić information content (AvgIpc) is 2.43. The van der Waals surface area contributed by atoms with E-state index in [0.717, 1.165) is 18.5 Å². The number of benzene rings is 1. The predicted molar refractivity (Wildman–Crippen MR) is 84.3 cm³/mol. The maximum absolute atomic E-state index is 12.1. The highest BCUT2D eigenvalue weighted by Crippen LogP contribution is 2.38. The average molecular weight is 295 g/mol. The summed E-state index contributed by atoms with van der Waals surface area (Å²) in [5.74, 6) is 0. The molecule has 2 saturated heterocycles. The number of rotatable bonds is 1. The van der Waals surface area contributed by atoms with Gasteiger partial charge in [0.25, 0.3) is 0 Å². The molecule has 4 heteroatoms. The zero-order chi connectivity index (χ0) is 14.5. The number of carbonyl (C=O) groups excluding carboxylic acids is 1. The summed E-state index contributed by atoms with van der Waals surface area (Å²) in [6, 6.07) is 8.21. The SMILES string of the molecule is CCC.O=C(Nc1ccc(Cl)cc1)N1C2CCCC1C2. The molecule has 3 nitrogen and oxygen atoms in total. The molecule has 2 bridgehead atoms. The van der Waals surface area contributed by atoms with E-state index < -0.39 is 0 Å². The van der Waals surface area contributed by atoms with E-state index in [1.807, 2.05) is 17.0 Å². The van der Waals surface area contributed by atoms with Crippen LogP contribution in [-0.2, 0) is 0 Å². The summed E-state index contributed by atoms with van der Waals surface area (Å²) >= 11 is 5.80. The Morgan fingerprint density at radius 3 is 2.30 bits per heavy atom. The molecule has 1 aromatic rings. The van der Waals surface area contributed by atoms with Crippen LogP contribution in [0.1, 0.15) is 46.0 Å². The summed E-state index contributed by atoms with van der Waals surface area (Å²) in [5, 5.41) is 3.61. The first-order valence-corrected chi connectivity index (χ1v) is 7.88. The molecule has 20 heavy (non-hydrogen) atoms. The van der Waals surface area contributed by atoms with Gasteiger partial charge in [0.05, 0.1) is 0 Å². The Hall–Kier alpha value is -1.22. The van der Waals surface area contributed by atoms with Crippen LogP contribution in [-0.4, -0.2) is 23.0 Å².